The zero-order valence-electron chi connectivity index (χ0n) is 11.1. The van der Waals surface area contributed by atoms with Gasteiger partial charge < -0.3 is 10.1 Å². The van der Waals surface area contributed by atoms with Gasteiger partial charge in [0.1, 0.15) is 5.75 Å². The van der Waals surface area contributed by atoms with E-state index >= 15 is 0 Å². The minimum absolute atomic E-state index is 0.710. The number of hydrogen-bond donors (Lipinski definition) is 1. The van der Waals surface area contributed by atoms with Crippen LogP contribution in [-0.4, -0.2) is 19.7 Å². The predicted octanol–water partition coefficient (Wildman–Crippen LogP) is 3.19. The Balaban J connectivity index is 1.92. The third kappa shape index (κ3) is 2.63. The molecule has 1 aliphatic carbocycles. The van der Waals surface area contributed by atoms with Gasteiger partial charge in [-0.3, -0.25) is 0 Å². The smallest absolute Gasteiger partial charge is 0.118 e. The fourth-order valence-corrected chi connectivity index (χ4v) is 2.68. The van der Waals surface area contributed by atoms with Gasteiger partial charge in [0.25, 0.3) is 0 Å². The fourth-order valence-electron chi connectivity index (χ4n) is 2.68. The Morgan fingerprint density at radius 2 is 2.00 bits per heavy atom. The van der Waals surface area contributed by atoms with Crippen LogP contribution in [0.15, 0.2) is 24.3 Å². The molecule has 2 nitrogen and oxygen atoms in total. The van der Waals surface area contributed by atoms with Gasteiger partial charge >= 0.3 is 0 Å². The van der Waals surface area contributed by atoms with Crippen molar-refractivity contribution in [1.82, 2.24) is 5.32 Å². The van der Waals surface area contributed by atoms with Crippen molar-refractivity contribution < 1.29 is 4.74 Å². The van der Waals surface area contributed by atoms with E-state index in [1.807, 2.05) is 0 Å². The van der Waals surface area contributed by atoms with Crippen molar-refractivity contribution in [3.8, 4) is 5.75 Å². The van der Waals surface area contributed by atoms with Crippen LogP contribution in [-0.2, 0) is 0 Å². The molecule has 1 N–H and O–H groups in total. The van der Waals surface area contributed by atoms with Crippen molar-refractivity contribution in [2.75, 3.05) is 13.7 Å². The van der Waals surface area contributed by atoms with E-state index in [1.54, 1.807) is 7.11 Å². The molecule has 0 amide bonds. The fraction of sp³-hybridized carbons (Fsp3) is 0.600. The van der Waals surface area contributed by atoms with E-state index < -0.39 is 0 Å². The lowest BCUT2D eigenvalue weighted by atomic mass is 9.67. The Hall–Kier alpha value is -1.02. The summed E-state index contributed by atoms with van der Waals surface area (Å²) in [4.78, 5) is 0. The highest BCUT2D eigenvalue weighted by Crippen LogP contribution is 2.42. The first kappa shape index (κ1) is 12.4. The van der Waals surface area contributed by atoms with Crippen LogP contribution in [0.2, 0.25) is 0 Å². The number of rotatable bonds is 5. The van der Waals surface area contributed by atoms with Gasteiger partial charge in [0.2, 0.25) is 0 Å². The molecule has 2 rings (SSSR count). The van der Waals surface area contributed by atoms with Crippen molar-refractivity contribution in [3.63, 3.8) is 0 Å². The summed E-state index contributed by atoms with van der Waals surface area (Å²) in [7, 11) is 1.71. The van der Waals surface area contributed by atoms with Crippen molar-refractivity contribution in [2.24, 2.45) is 5.92 Å². The zero-order valence-corrected chi connectivity index (χ0v) is 11.1. The summed E-state index contributed by atoms with van der Waals surface area (Å²) < 4.78 is 5.19. The molecule has 3 atom stereocenters. The third-order valence-corrected chi connectivity index (χ3v) is 3.98. The van der Waals surface area contributed by atoms with Crippen molar-refractivity contribution in [2.45, 2.75) is 38.6 Å². The number of methoxy groups -OCH3 is 1. The van der Waals surface area contributed by atoms with E-state index in [0.717, 1.165) is 24.1 Å². The molecule has 94 valence electrons. The molecule has 0 spiro atoms. The van der Waals surface area contributed by atoms with Crippen molar-refractivity contribution in [3.05, 3.63) is 29.8 Å². The van der Waals surface area contributed by atoms with Gasteiger partial charge in [-0.05, 0) is 48.9 Å². The van der Waals surface area contributed by atoms with E-state index in [0.29, 0.717) is 6.04 Å². The summed E-state index contributed by atoms with van der Waals surface area (Å²) in [5.74, 6) is 2.41. The monoisotopic (exact) mass is 233 g/mol. The van der Waals surface area contributed by atoms with E-state index in [2.05, 4.69) is 43.4 Å². The number of nitrogens with one attached hydrogen (secondary N) is 1. The maximum atomic E-state index is 5.19. The van der Waals surface area contributed by atoms with Gasteiger partial charge in [-0.1, -0.05) is 26.0 Å². The highest BCUT2D eigenvalue weighted by molar-refractivity contribution is 5.31. The Bertz CT molecular complexity index is 346. The molecule has 3 unspecified atom stereocenters. The first-order chi connectivity index (χ1) is 8.26. The molecule has 2 heteroatoms. The minimum Gasteiger partial charge on any atom is -0.497 e. The maximum absolute atomic E-state index is 5.19. The summed E-state index contributed by atoms with van der Waals surface area (Å²) in [5, 5.41) is 3.62. The van der Waals surface area contributed by atoms with Crippen LogP contribution < -0.4 is 10.1 Å². The molecular formula is C15H23NO. The van der Waals surface area contributed by atoms with Gasteiger partial charge in [-0.15, -0.1) is 0 Å². The molecule has 0 saturated heterocycles. The van der Waals surface area contributed by atoms with Crippen LogP contribution in [0.5, 0.6) is 5.75 Å². The molecule has 0 heterocycles. The SMILES string of the molecule is CCCNC1CC(c2ccc(OC)cc2)C1C. The summed E-state index contributed by atoms with van der Waals surface area (Å²) in [6, 6.07) is 9.25. The van der Waals surface area contributed by atoms with Crippen molar-refractivity contribution >= 4 is 0 Å². The molecule has 0 radical (unpaired) electrons. The molecule has 1 aromatic carbocycles. The summed E-state index contributed by atoms with van der Waals surface area (Å²) in [6.07, 6.45) is 2.49. The van der Waals surface area contributed by atoms with Crippen LogP contribution in [0.3, 0.4) is 0 Å². The van der Waals surface area contributed by atoms with E-state index in [1.165, 1.54) is 18.4 Å². The molecule has 17 heavy (non-hydrogen) atoms. The van der Waals surface area contributed by atoms with Gasteiger partial charge in [0, 0.05) is 6.04 Å². The summed E-state index contributed by atoms with van der Waals surface area (Å²) in [5.41, 5.74) is 1.45. The highest BCUT2D eigenvalue weighted by atomic mass is 16.5. The first-order valence-electron chi connectivity index (χ1n) is 6.63. The van der Waals surface area contributed by atoms with Gasteiger partial charge in [-0.25, -0.2) is 0 Å². The van der Waals surface area contributed by atoms with Gasteiger partial charge in [0.15, 0.2) is 0 Å². The van der Waals surface area contributed by atoms with Crippen LogP contribution in [0.25, 0.3) is 0 Å². The predicted molar refractivity (Wildman–Crippen MR) is 71.6 cm³/mol. The lowest BCUT2D eigenvalue weighted by Gasteiger charge is -2.44. The van der Waals surface area contributed by atoms with E-state index in [-0.39, 0.29) is 0 Å². The molecule has 1 fully saturated rings. The molecule has 1 aromatic rings. The molecular weight excluding hydrogens is 210 g/mol. The largest absolute Gasteiger partial charge is 0.497 e. The van der Waals surface area contributed by atoms with Crippen molar-refractivity contribution in [1.29, 1.82) is 0 Å². The standard InChI is InChI=1S/C15H23NO/c1-4-9-16-15-10-14(11(15)2)12-5-7-13(17-3)8-6-12/h5-8,11,14-16H,4,9-10H2,1-3H3. The van der Waals surface area contributed by atoms with Crippen LogP contribution in [0, 0.1) is 5.92 Å². The minimum atomic E-state index is 0.710. The second-order valence-corrected chi connectivity index (χ2v) is 5.04. The topological polar surface area (TPSA) is 21.3 Å². The quantitative estimate of drug-likeness (QED) is 0.843. The van der Waals surface area contributed by atoms with E-state index in [4.69, 9.17) is 4.74 Å². The van der Waals surface area contributed by atoms with Crippen LogP contribution >= 0.6 is 0 Å². The maximum Gasteiger partial charge on any atom is 0.118 e. The lowest BCUT2D eigenvalue weighted by Crippen LogP contribution is -2.48. The molecule has 1 saturated carbocycles. The second kappa shape index (κ2) is 5.54. The van der Waals surface area contributed by atoms with Gasteiger partial charge in [0.05, 0.1) is 7.11 Å². The number of benzene rings is 1. The Morgan fingerprint density at radius 3 is 2.53 bits per heavy atom. The molecule has 0 bridgehead atoms. The van der Waals surface area contributed by atoms with E-state index in [9.17, 15) is 0 Å². The van der Waals surface area contributed by atoms with Gasteiger partial charge in [-0.2, -0.15) is 0 Å². The summed E-state index contributed by atoms with van der Waals surface area (Å²) >= 11 is 0. The zero-order chi connectivity index (χ0) is 12.3. The lowest BCUT2D eigenvalue weighted by molar-refractivity contribution is 0.185. The average Bonchev–Trinajstić information content (AvgIpc) is 2.38. The first-order valence-corrected chi connectivity index (χ1v) is 6.63. The molecule has 0 aromatic heterocycles. The average molecular weight is 233 g/mol. The highest BCUT2D eigenvalue weighted by Gasteiger charge is 2.37. The Morgan fingerprint density at radius 1 is 1.29 bits per heavy atom. The number of ether oxygens (including phenoxy) is 1. The Kier molecular flexibility index (Phi) is 4.06. The normalized spacial score (nSPS) is 27.6. The second-order valence-electron chi connectivity index (χ2n) is 5.04. The van der Waals surface area contributed by atoms with Crippen LogP contribution in [0.4, 0.5) is 0 Å². The molecule has 1 aliphatic rings. The number of hydrogen-bond acceptors (Lipinski definition) is 2. The molecule has 0 aliphatic heterocycles. The third-order valence-electron chi connectivity index (χ3n) is 3.98. The van der Waals surface area contributed by atoms with Crippen LogP contribution in [0.1, 0.15) is 38.2 Å². The summed E-state index contributed by atoms with van der Waals surface area (Å²) in [6.45, 7) is 5.72. The Labute approximate surface area is 104 Å².